The van der Waals surface area contributed by atoms with Crippen LogP contribution in [0.1, 0.15) is 13.3 Å². The third-order valence-electron chi connectivity index (χ3n) is 5.52. The van der Waals surface area contributed by atoms with Gasteiger partial charge in [0, 0.05) is 77.7 Å². The van der Waals surface area contributed by atoms with Gasteiger partial charge in [0.25, 0.3) is 0 Å². The Morgan fingerprint density at radius 1 is 1.15 bits per heavy atom. The van der Waals surface area contributed by atoms with E-state index in [0.29, 0.717) is 6.04 Å². The van der Waals surface area contributed by atoms with Crippen molar-refractivity contribution in [2.75, 3.05) is 70.9 Å². The smallest absolute Gasteiger partial charge is 0.191 e. The van der Waals surface area contributed by atoms with Crippen LogP contribution < -0.4 is 15.5 Å². The summed E-state index contributed by atoms with van der Waals surface area (Å²) in [5.41, 5.74) is 1.30. The predicted octanol–water partition coefficient (Wildman–Crippen LogP) is 1.69. The minimum absolute atomic E-state index is 0. The van der Waals surface area contributed by atoms with Gasteiger partial charge in [-0.15, -0.1) is 24.0 Å². The second kappa shape index (κ2) is 11.7. The Balaban J connectivity index is 0.00000261. The number of nitrogens with one attached hydrogen (secondary N) is 2. The van der Waals surface area contributed by atoms with Gasteiger partial charge < -0.3 is 15.5 Å². The van der Waals surface area contributed by atoms with E-state index < -0.39 is 0 Å². The van der Waals surface area contributed by atoms with Gasteiger partial charge in [0.1, 0.15) is 0 Å². The summed E-state index contributed by atoms with van der Waals surface area (Å²) in [6, 6.07) is 11.3. The fraction of sp³-hybridized carbons (Fsp3) is 0.650. The molecule has 0 saturated carbocycles. The van der Waals surface area contributed by atoms with Crippen molar-refractivity contribution in [1.82, 2.24) is 20.4 Å². The molecular formula is C20H35IN6. The van der Waals surface area contributed by atoms with Crippen molar-refractivity contribution in [2.45, 2.75) is 19.4 Å². The Morgan fingerprint density at radius 3 is 2.48 bits per heavy atom. The van der Waals surface area contributed by atoms with E-state index in [1.165, 1.54) is 38.4 Å². The summed E-state index contributed by atoms with van der Waals surface area (Å²) in [4.78, 5) is 12.0. The van der Waals surface area contributed by atoms with Crippen LogP contribution in [0.3, 0.4) is 0 Å². The van der Waals surface area contributed by atoms with E-state index in [-0.39, 0.29) is 24.0 Å². The van der Waals surface area contributed by atoms with Gasteiger partial charge in [-0.25, -0.2) is 0 Å². The van der Waals surface area contributed by atoms with E-state index in [0.717, 1.165) is 38.6 Å². The molecule has 6 nitrogen and oxygen atoms in total. The molecule has 4 rings (SSSR count). The number of benzene rings is 1. The molecule has 1 atom stereocenters. The zero-order valence-electron chi connectivity index (χ0n) is 16.7. The van der Waals surface area contributed by atoms with Crippen molar-refractivity contribution in [3.05, 3.63) is 30.3 Å². The molecule has 0 aromatic heterocycles. The summed E-state index contributed by atoms with van der Waals surface area (Å²) in [6.45, 7) is 12.3. The Hall–Kier alpha value is -1.06. The van der Waals surface area contributed by atoms with Crippen LogP contribution in [0.25, 0.3) is 0 Å². The van der Waals surface area contributed by atoms with E-state index in [9.17, 15) is 0 Å². The molecule has 27 heavy (non-hydrogen) atoms. The largest absolute Gasteiger partial charge is 0.372 e. The van der Waals surface area contributed by atoms with E-state index in [4.69, 9.17) is 0 Å². The van der Waals surface area contributed by atoms with Gasteiger partial charge >= 0.3 is 0 Å². The highest BCUT2D eigenvalue weighted by Gasteiger charge is 2.31. The average Bonchev–Trinajstić information content (AvgIpc) is 2.72. The zero-order valence-corrected chi connectivity index (χ0v) is 19.1. The number of hydrogen-bond acceptors (Lipinski definition) is 4. The van der Waals surface area contributed by atoms with Crippen molar-refractivity contribution in [2.24, 2.45) is 4.99 Å². The van der Waals surface area contributed by atoms with Crippen molar-refractivity contribution >= 4 is 35.6 Å². The number of halogens is 1. The molecule has 3 heterocycles. The molecule has 7 heteroatoms. The maximum absolute atomic E-state index is 4.38. The van der Waals surface area contributed by atoms with Gasteiger partial charge in [0.15, 0.2) is 5.96 Å². The number of hydrogen-bond donors (Lipinski definition) is 2. The summed E-state index contributed by atoms with van der Waals surface area (Å²) >= 11 is 0. The molecule has 3 saturated heterocycles. The molecule has 2 bridgehead atoms. The maximum atomic E-state index is 4.38. The Kier molecular flexibility index (Phi) is 9.64. The van der Waals surface area contributed by atoms with Crippen LogP contribution in [0.2, 0.25) is 0 Å². The molecule has 3 fully saturated rings. The Bertz CT molecular complexity index is 559. The van der Waals surface area contributed by atoms with Gasteiger partial charge in [-0.1, -0.05) is 18.2 Å². The number of guanidine groups is 1. The Morgan fingerprint density at radius 2 is 1.89 bits per heavy atom. The van der Waals surface area contributed by atoms with Gasteiger partial charge in [0.05, 0.1) is 0 Å². The molecule has 0 radical (unpaired) electrons. The van der Waals surface area contributed by atoms with Crippen LogP contribution >= 0.6 is 24.0 Å². The topological polar surface area (TPSA) is 46.1 Å². The fourth-order valence-corrected chi connectivity index (χ4v) is 3.94. The molecular weight excluding hydrogens is 451 g/mol. The third-order valence-corrected chi connectivity index (χ3v) is 5.52. The van der Waals surface area contributed by atoms with E-state index in [1.54, 1.807) is 0 Å². The zero-order chi connectivity index (χ0) is 18.2. The standard InChI is InChI=1S/C20H34N6.HI/c1-3-25(18-8-5-4-6-9-18)11-7-10-22-20(21-2)23-16-19-17-24-12-14-26(19)15-13-24;/h4-6,8-9,19H,3,7,10-17H2,1-2H3,(H2,21,22,23);1H. The summed E-state index contributed by atoms with van der Waals surface area (Å²) in [5.74, 6) is 0.922. The van der Waals surface area contributed by atoms with Gasteiger partial charge in [-0.3, -0.25) is 14.8 Å². The molecule has 3 aliphatic rings. The van der Waals surface area contributed by atoms with Crippen LogP contribution in [0.4, 0.5) is 5.69 Å². The molecule has 0 spiro atoms. The number of piperazine rings is 3. The summed E-state index contributed by atoms with van der Waals surface area (Å²) in [6.07, 6.45) is 1.09. The van der Waals surface area contributed by atoms with E-state index in [1.807, 2.05) is 7.05 Å². The molecule has 1 aromatic rings. The lowest BCUT2D eigenvalue weighted by Crippen LogP contribution is -2.63. The van der Waals surface area contributed by atoms with Gasteiger partial charge in [-0.05, 0) is 25.5 Å². The Labute approximate surface area is 181 Å². The molecule has 3 aliphatic heterocycles. The maximum Gasteiger partial charge on any atom is 0.191 e. The monoisotopic (exact) mass is 486 g/mol. The number of para-hydroxylation sites is 1. The number of rotatable bonds is 8. The molecule has 1 unspecified atom stereocenters. The average molecular weight is 486 g/mol. The minimum atomic E-state index is 0. The lowest BCUT2D eigenvalue weighted by Gasteiger charge is -2.47. The first kappa shape index (κ1) is 22.2. The van der Waals surface area contributed by atoms with Crippen LogP contribution in [-0.4, -0.2) is 87.8 Å². The van der Waals surface area contributed by atoms with Gasteiger partial charge in [-0.2, -0.15) is 0 Å². The quantitative estimate of drug-likeness (QED) is 0.254. The summed E-state index contributed by atoms with van der Waals surface area (Å²) in [5, 5.41) is 6.98. The number of aliphatic imine (C=N–C) groups is 1. The fourth-order valence-electron chi connectivity index (χ4n) is 3.94. The molecule has 0 amide bonds. The lowest BCUT2D eigenvalue weighted by molar-refractivity contribution is 0.0154. The highest BCUT2D eigenvalue weighted by atomic mass is 127. The normalized spacial score (nSPS) is 24.2. The second-order valence-corrected chi connectivity index (χ2v) is 7.14. The highest BCUT2D eigenvalue weighted by molar-refractivity contribution is 14.0. The first-order chi connectivity index (χ1) is 12.8. The lowest BCUT2D eigenvalue weighted by atomic mass is 10.1. The third kappa shape index (κ3) is 6.50. The molecule has 152 valence electrons. The van der Waals surface area contributed by atoms with Crippen LogP contribution in [0, 0.1) is 0 Å². The van der Waals surface area contributed by atoms with Crippen LogP contribution in [0.15, 0.2) is 35.3 Å². The van der Waals surface area contributed by atoms with E-state index >= 15 is 0 Å². The minimum Gasteiger partial charge on any atom is -0.372 e. The molecule has 1 aromatic carbocycles. The molecule has 2 N–H and O–H groups in total. The van der Waals surface area contributed by atoms with Crippen molar-refractivity contribution in [3.8, 4) is 0 Å². The van der Waals surface area contributed by atoms with Crippen molar-refractivity contribution < 1.29 is 0 Å². The van der Waals surface area contributed by atoms with Gasteiger partial charge in [0.2, 0.25) is 0 Å². The van der Waals surface area contributed by atoms with Crippen molar-refractivity contribution in [3.63, 3.8) is 0 Å². The number of anilines is 1. The number of nitrogens with zero attached hydrogens (tertiary/aromatic N) is 4. The van der Waals surface area contributed by atoms with Crippen molar-refractivity contribution in [1.29, 1.82) is 0 Å². The SMILES string of the molecule is CCN(CCCNC(=NC)NCC1CN2CCN1CC2)c1ccccc1.I. The highest BCUT2D eigenvalue weighted by Crippen LogP contribution is 2.15. The number of fused-ring (bicyclic) bond motifs is 3. The summed E-state index contributed by atoms with van der Waals surface area (Å²) in [7, 11) is 1.86. The second-order valence-electron chi connectivity index (χ2n) is 7.14. The van der Waals surface area contributed by atoms with E-state index in [2.05, 4.69) is 67.6 Å². The molecule has 0 aliphatic carbocycles. The van der Waals surface area contributed by atoms with Crippen LogP contribution in [0.5, 0.6) is 0 Å². The van der Waals surface area contributed by atoms with Crippen LogP contribution in [-0.2, 0) is 0 Å². The first-order valence-electron chi connectivity index (χ1n) is 10.0. The predicted molar refractivity (Wildman–Crippen MR) is 126 cm³/mol. The summed E-state index contributed by atoms with van der Waals surface area (Å²) < 4.78 is 0. The first-order valence-corrected chi connectivity index (χ1v) is 10.0.